The van der Waals surface area contributed by atoms with Gasteiger partial charge in [-0.15, -0.1) is 11.3 Å². The summed E-state index contributed by atoms with van der Waals surface area (Å²) in [6.07, 6.45) is 1.62. The molecule has 2 aromatic rings. The molecule has 0 bridgehead atoms. The summed E-state index contributed by atoms with van der Waals surface area (Å²) in [5.74, 6) is 0.143. The summed E-state index contributed by atoms with van der Waals surface area (Å²) in [5, 5.41) is 0.476. The number of thiophene rings is 1. The fraction of sp³-hybridized carbons (Fsp3) is 0.364. The number of aromatic nitrogens is 2. The maximum absolute atomic E-state index is 11.9. The number of nitrogens with zero attached hydrogens (tertiary/aromatic N) is 1. The fourth-order valence-electron chi connectivity index (χ4n) is 1.78. The first kappa shape index (κ1) is 11.8. The van der Waals surface area contributed by atoms with Crippen LogP contribution < -0.4 is 11.3 Å². The molecule has 0 saturated heterocycles. The highest BCUT2D eigenvalue weighted by atomic mass is 32.1. The van der Waals surface area contributed by atoms with Crippen LogP contribution in [0.4, 0.5) is 0 Å². The Bertz CT molecular complexity index is 642. The molecular formula is C11H13N3O2S. The van der Waals surface area contributed by atoms with Crippen molar-refractivity contribution in [1.29, 1.82) is 0 Å². The molecule has 1 amide bonds. The van der Waals surface area contributed by atoms with Gasteiger partial charge < -0.3 is 10.7 Å². The van der Waals surface area contributed by atoms with Crippen LogP contribution >= 0.6 is 11.3 Å². The van der Waals surface area contributed by atoms with Gasteiger partial charge in [-0.2, -0.15) is 0 Å². The molecule has 2 aromatic heterocycles. The van der Waals surface area contributed by atoms with Gasteiger partial charge in [0.05, 0.1) is 10.3 Å². The molecule has 0 aliphatic heterocycles. The SMILES string of the molecule is CCCc1nc2sc(C(N)=O)c(C)c2c(=O)[nH]1. The average Bonchev–Trinajstić information content (AvgIpc) is 2.56. The van der Waals surface area contributed by atoms with Crippen molar-refractivity contribution < 1.29 is 4.79 Å². The zero-order valence-electron chi connectivity index (χ0n) is 9.66. The Morgan fingerprint density at radius 2 is 2.24 bits per heavy atom. The lowest BCUT2D eigenvalue weighted by atomic mass is 10.2. The summed E-state index contributed by atoms with van der Waals surface area (Å²) in [7, 11) is 0. The molecule has 0 radical (unpaired) electrons. The second kappa shape index (κ2) is 4.29. The van der Waals surface area contributed by atoms with E-state index < -0.39 is 5.91 Å². The molecule has 90 valence electrons. The maximum atomic E-state index is 11.9. The molecule has 0 aliphatic carbocycles. The predicted octanol–water partition coefficient (Wildman–Crippen LogP) is 1.34. The lowest BCUT2D eigenvalue weighted by Crippen LogP contribution is -2.13. The lowest BCUT2D eigenvalue weighted by Gasteiger charge is -1.97. The van der Waals surface area contributed by atoms with Crippen molar-refractivity contribution in [2.45, 2.75) is 26.7 Å². The van der Waals surface area contributed by atoms with Gasteiger partial charge in [0.25, 0.3) is 11.5 Å². The number of rotatable bonds is 3. The van der Waals surface area contributed by atoms with Gasteiger partial charge in [-0.3, -0.25) is 9.59 Å². The van der Waals surface area contributed by atoms with Crippen LogP contribution in [0.3, 0.4) is 0 Å². The van der Waals surface area contributed by atoms with Gasteiger partial charge in [0.2, 0.25) is 0 Å². The number of hydrogen-bond acceptors (Lipinski definition) is 4. The number of nitrogens with one attached hydrogen (secondary N) is 1. The number of carbonyl (C=O) groups is 1. The molecule has 17 heavy (non-hydrogen) atoms. The van der Waals surface area contributed by atoms with Crippen molar-refractivity contribution in [2.75, 3.05) is 0 Å². The molecule has 2 heterocycles. The minimum absolute atomic E-state index is 0.195. The smallest absolute Gasteiger partial charge is 0.259 e. The number of carbonyl (C=O) groups excluding carboxylic acids is 1. The third-order valence-corrected chi connectivity index (χ3v) is 3.76. The van der Waals surface area contributed by atoms with E-state index in [-0.39, 0.29) is 5.56 Å². The van der Waals surface area contributed by atoms with Crippen molar-refractivity contribution in [1.82, 2.24) is 9.97 Å². The summed E-state index contributed by atoms with van der Waals surface area (Å²) < 4.78 is 0. The van der Waals surface area contributed by atoms with Crippen molar-refractivity contribution in [2.24, 2.45) is 5.73 Å². The van der Waals surface area contributed by atoms with E-state index >= 15 is 0 Å². The molecule has 2 rings (SSSR count). The first-order chi connectivity index (χ1) is 8.04. The maximum Gasteiger partial charge on any atom is 0.259 e. The quantitative estimate of drug-likeness (QED) is 0.862. The third-order valence-electron chi connectivity index (χ3n) is 2.56. The van der Waals surface area contributed by atoms with Gasteiger partial charge >= 0.3 is 0 Å². The van der Waals surface area contributed by atoms with Crippen LogP contribution in [0.25, 0.3) is 10.2 Å². The topological polar surface area (TPSA) is 88.8 Å². The van der Waals surface area contributed by atoms with Crippen LogP contribution in [0.1, 0.15) is 34.4 Å². The Morgan fingerprint density at radius 1 is 1.53 bits per heavy atom. The molecule has 0 unspecified atom stereocenters. The van der Waals surface area contributed by atoms with Crippen LogP contribution in [0, 0.1) is 6.92 Å². The monoisotopic (exact) mass is 251 g/mol. The minimum Gasteiger partial charge on any atom is -0.365 e. The second-order valence-electron chi connectivity index (χ2n) is 3.86. The van der Waals surface area contributed by atoms with Crippen molar-refractivity contribution >= 4 is 27.5 Å². The van der Waals surface area contributed by atoms with Gasteiger partial charge in [-0.25, -0.2) is 4.98 Å². The molecule has 0 aromatic carbocycles. The number of nitrogens with two attached hydrogens (primary N) is 1. The lowest BCUT2D eigenvalue weighted by molar-refractivity contribution is 0.100. The van der Waals surface area contributed by atoms with E-state index in [1.807, 2.05) is 6.92 Å². The molecule has 0 atom stereocenters. The van der Waals surface area contributed by atoms with Crippen LogP contribution in [0.15, 0.2) is 4.79 Å². The Hall–Kier alpha value is -1.69. The highest BCUT2D eigenvalue weighted by molar-refractivity contribution is 7.20. The summed E-state index contributed by atoms with van der Waals surface area (Å²) in [5.41, 5.74) is 5.68. The molecule has 0 spiro atoms. The molecule has 0 aliphatic rings. The number of primary amides is 1. The fourth-order valence-corrected chi connectivity index (χ4v) is 2.83. The van der Waals surface area contributed by atoms with Gasteiger partial charge in [0, 0.05) is 6.42 Å². The summed E-state index contributed by atoms with van der Waals surface area (Å²) in [6, 6.07) is 0. The predicted molar refractivity (Wildman–Crippen MR) is 67.5 cm³/mol. The van der Waals surface area contributed by atoms with Gasteiger partial charge in [-0.05, 0) is 18.9 Å². The number of amides is 1. The standard InChI is InChI=1S/C11H13N3O2S/c1-3-4-6-13-10(16)7-5(2)8(9(12)15)17-11(7)14-6/h3-4H2,1-2H3,(H2,12,15)(H,13,14,16). The molecular weight excluding hydrogens is 238 g/mol. The van der Waals surface area contributed by atoms with E-state index in [9.17, 15) is 9.59 Å². The van der Waals surface area contributed by atoms with Crippen molar-refractivity contribution in [3.05, 3.63) is 26.6 Å². The normalized spacial score (nSPS) is 10.9. The van der Waals surface area contributed by atoms with Crippen molar-refractivity contribution in [3.63, 3.8) is 0 Å². The highest BCUT2D eigenvalue weighted by Crippen LogP contribution is 2.26. The number of aryl methyl sites for hydroxylation is 2. The van der Waals surface area contributed by atoms with Crippen molar-refractivity contribution in [3.8, 4) is 0 Å². The van der Waals surface area contributed by atoms with E-state index in [4.69, 9.17) is 5.73 Å². The van der Waals surface area contributed by atoms with E-state index in [0.717, 1.165) is 6.42 Å². The Kier molecular flexibility index (Phi) is 2.97. The summed E-state index contributed by atoms with van der Waals surface area (Å²) in [6.45, 7) is 3.73. The van der Waals surface area contributed by atoms with E-state index in [1.165, 1.54) is 11.3 Å². The van der Waals surface area contributed by atoms with Crippen LogP contribution in [0.5, 0.6) is 0 Å². The zero-order chi connectivity index (χ0) is 12.6. The van der Waals surface area contributed by atoms with Crippen LogP contribution in [0.2, 0.25) is 0 Å². The van der Waals surface area contributed by atoms with Crippen LogP contribution in [-0.4, -0.2) is 15.9 Å². The van der Waals surface area contributed by atoms with Gasteiger partial charge in [0.1, 0.15) is 10.7 Å². The Labute approximate surface area is 102 Å². The number of hydrogen-bond donors (Lipinski definition) is 2. The Morgan fingerprint density at radius 3 is 2.82 bits per heavy atom. The van der Waals surface area contributed by atoms with Gasteiger partial charge in [0.15, 0.2) is 0 Å². The third kappa shape index (κ3) is 1.95. The first-order valence-electron chi connectivity index (χ1n) is 5.36. The first-order valence-corrected chi connectivity index (χ1v) is 6.18. The van der Waals surface area contributed by atoms with Crippen LogP contribution in [-0.2, 0) is 6.42 Å². The summed E-state index contributed by atoms with van der Waals surface area (Å²) in [4.78, 5) is 31.2. The number of H-pyrrole nitrogens is 1. The minimum atomic E-state index is -0.512. The largest absolute Gasteiger partial charge is 0.365 e. The van der Waals surface area contributed by atoms with E-state index in [0.29, 0.717) is 32.9 Å². The zero-order valence-corrected chi connectivity index (χ0v) is 10.5. The number of fused-ring (bicyclic) bond motifs is 1. The molecule has 6 heteroatoms. The average molecular weight is 251 g/mol. The molecule has 3 N–H and O–H groups in total. The van der Waals surface area contributed by atoms with E-state index in [1.54, 1.807) is 6.92 Å². The summed E-state index contributed by atoms with van der Waals surface area (Å²) >= 11 is 1.18. The second-order valence-corrected chi connectivity index (χ2v) is 4.86. The molecule has 0 fully saturated rings. The highest BCUT2D eigenvalue weighted by Gasteiger charge is 2.16. The van der Waals surface area contributed by atoms with Gasteiger partial charge in [-0.1, -0.05) is 6.92 Å². The Balaban J connectivity index is 2.74. The molecule has 5 nitrogen and oxygen atoms in total. The molecule has 0 saturated carbocycles. The van der Waals surface area contributed by atoms with E-state index in [2.05, 4.69) is 9.97 Å². The number of aromatic amines is 1.